The van der Waals surface area contributed by atoms with Crippen LogP contribution in [0.2, 0.25) is 0 Å². The van der Waals surface area contributed by atoms with Crippen LogP contribution in [0.25, 0.3) is 0 Å². The molecule has 1 aromatic rings. The van der Waals surface area contributed by atoms with E-state index in [-0.39, 0.29) is 36.8 Å². The molecule has 0 aromatic carbocycles. The highest BCUT2D eigenvalue weighted by Crippen LogP contribution is 2.10. The summed E-state index contributed by atoms with van der Waals surface area (Å²) in [5.41, 5.74) is 1.09. The zero-order valence-corrected chi connectivity index (χ0v) is 11.9. The molecule has 0 bridgehead atoms. The van der Waals surface area contributed by atoms with E-state index in [2.05, 4.69) is 15.6 Å². The molecule has 0 unspecified atom stereocenters. The number of amides is 1. The Hall–Kier alpha value is -0.840. The first kappa shape index (κ1) is 17.2. The van der Waals surface area contributed by atoms with E-state index >= 15 is 0 Å². The first-order valence-electron chi connectivity index (χ1n) is 5.72. The van der Waals surface area contributed by atoms with Gasteiger partial charge in [-0.05, 0) is 37.9 Å². The van der Waals surface area contributed by atoms with Crippen LogP contribution in [0.1, 0.15) is 24.8 Å². The van der Waals surface area contributed by atoms with Crippen molar-refractivity contribution in [1.29, 1.82) is 0 Å². The summed E-state index contributed by atoms with van der Waals surface area (Å²) < 4.78 is 0. The average Bonchev–Trinajstić information content (AvgIpc) is 2.33. The molecule has 0 saturated carbocycles. The van der Waals surface area contributed by atoms with Crippen molar-refractivity contribution in [2.75, 3.05) is 11.9 Å². The van der Waals surface area contributed by atoms with Gasteiger partial charge < -0.3 is 10.6 Å². The Kier molecular flexibility index (Phi) is 7.91. The number of rotatable bonds is 2. The quantitative estimate of drug-likeness (QED) is 0.879. The summed E-state index contributed by atoms with van der Waals surface area (Å²) in [4.78, 5) is 16.0. The molecule has 0 spiro atoms. The first-order chi connectivity index (χ1) is 7.75. The molecule has 2 heterocycles. The molecule has 2 rings (SSSR count). The summed E-state index contributed by atoms with van der Waals surface area (Å²) in [5.74, 6) is 0.652. The summed E-state index contributed by atoms with van der Waals surface area (Å²) in [6, 6.07) is 3.71. The second-order valence-electron chi connectivity index (χ2n) is 4.21. The Morgan fingerprint density at radius 3 is 2.72 bits per heavy atom. The van der Waals surface area contributed by atoms with Gasteiger partial charge in [-0.25, -0.2) is 4.98 Å². The summed E-state index contributed by atoms with van der Waals surface area (Å²) >= 11 is 0. The van der Waals surface area contributed by atoms with Crippen molar-refractivity contribution in [2.24, 2.45) is 0 Å². The van der Waals surface area contributed by atoms with E-state index in [9.17, 15) is 4.79 Å². The van der Waals surface area contributed by atoms with Crippen molar-refractivity contribution in [3.05, 3.63) is 23.9 Å². The third-order valence-electron chi connectivity index (χ3n) is 2.79. The largest absolute Gasteiger partial charge is 0.309 e. The zero-order valence-electron chi connectivity index (χ0n) is 10.3. The van der Waals surface area contributed by atoms with Gasteiger partial charge in [-0.2, -0.15) is 0 Å². The SMILES string of the molecule is Cc1ccc(NC(=O)[C@H]2CCCCN2)nc1.Cl.Cl. The van der Waals surface area contributed by atoms with Crippen LogP contribution in [-0.2, 0) is 4.79 Å². The van der Waals surface area contributed by atoms with Gasteiger partial charge in [0, 0.05) is 6.20 Å². The van der Waals surface area contributed by atoms with E-state index in [4.69, 9.17) is 0 Å². The molecule has 1 atom stereocenters. The highest BCUT2D eigenvalue weighted by atomic mass is 35.5. The smallest absolute Gasteiger partial charge is 0.242 e. The Morgan fingerprint density at radius 2 is 2.17 bits per heavy atom. The number of hydrogen-bond donors (Lipinski definition) is 2. The molecule has 1 aliphatic rings. The molecule has 102 valence electrons. The molecule has 2 N–H and O–H groups in total. The molecular formula is C12H19Cl2N3O. The van der Waals surface area contributed by atoms with E-state index in [1.54, 1.807) is 6.20 Å². The topological polar surface area (TPSA) is 54.0 Å². The normalized spacial score (nSPS) is 18.2. The lowest BCUT2D eigenvalue weighted by molar-refractivity contribution is -0.118. The maximum Gasteiger partial charge on any atom is 0.242 e. The van der Waals surface area contributed by atoms with E-state index in [0.717, 1.165) is 31.4 Å². The van der Waals surface area contributed by atoms with Crippen LogP contribution in [-0.4, -0.2) is 23.5 Å². The van der Waals surface area contributed by atoms with Crippen LogP contribution >= 0.6 is 24.8 Å². The fraction of sp³-hybridized carbons (Fsp3) is 0.500. The van der Waals surface area contributed by atoms with E-state index in [0.29, 0.717) is 5.82 Å². The van der Waals surface area contributed by atoms with Gasteiger partial charge >= 0.3 is 0 Å². The number of hydrogen-bond acceptors (Lipinski definition) is 3. The molecule has 1 saturated heterocycles. The highest BCUT2D eigenvalue weighted by molar-refractivity contribution is 5.94. The molecule has 0 radical (unpaired) electrons. The van der Waals surface area contributed by atoms with Crippen LogP contribution < -0.4 is 10.6 Å². The summed E-state index contributed by atoms with van der Waals surface area (Å²) in [6.07, 6.45) is 4.95. The second-order valence-corrected chi connectivity index (χ2v) is 4.21. The van der Waals surface area contributed by atoms with Gasteiger partial charge in [0.05, 0.1) is 6.04 Å². The van der Waals surface area contributed by atoms with Crippen LogP contribution in [0.3, 0.4) is 0 Å². The Bertz CT molecular complexity index is 364. The Morgan fingerprint density at radius 1 is 1.39 bits per heavy atom. The van der Waals surface area contributed by atoms with Crippen molar-refractivity contribution in [2.45, 2.75) is 32.2 Å². The molecule has 6 heteroatoms. The molecule has 0 aliphatic carbocycles. The number of pyridine rings is 1. The Labute approximate surface area is 120 Å². The maximum absolute atomic E-state index is 11.8. The Balaban J connectivity index is 0.00000144. The summed E-state index contributed by atoms with van der Waals surface area (Å²) in [6.45, 7) is 2.90. The van der Waals surface area contributed by atoms with Crippen LogP contribution in [0.4, 0.5) is 5.82 Å². The lowest BCUT2D eigenvalue weighted by Crippen LogP contribution is -2.43. The minimum atomic E-state index is -0.0585. The highest BCUT2D eigenvalue weighted by Gasteiger charge is 2.20. The van der Waals surface area contributed by atoms with Crippen molar-refractivity contribution >= 4 is 36.5 Å². The predicted octanol–water partition coefficient (Wildman–Crippen LogP) is 2.31. The predicted molar refractivity (Wildman–Crippen MR) is 77.7 cm³/mol. The van der Waals surface area contributed by atoms with Crippen molar-refractivity contribution in [3.8, 4) is 0 Å². The molecule has 1 aliphatic heterocycles. The van der Waals surface area contributed by atoms with Gasteiger partial charge in [-0.3, -0.25) is 4.79 Å². The number of piperidine rings is 1. The number of nitrogens with one attached hydrogen (secondary N) is 2. The van der Waals surface area contributed by atoms with Crippen LogP contribution in [0, 0.1) is 6.92 Å². The molecule has 1 fully saturated rings. The van der Waals surface area contributed by atoms with Crippen LogP contribution in [0.15, 0.2) is 18.3 Å². The maximum atomic E-state index is 11.8. The van der Waals surface area contributed by atoms with Crippen molar-refractivity contribution in [1.82, 2.24) is 10.3 Å². The van der Waals surface area contributed by atoms with E-state index < -0.39 is 0 Å². The third kappa shape index (κ3) is 4.80. The van der Waals surface area contributed by atoms with Crippen LogP contribution in [0.5, 0.6) is 0 Å². The summed E-state index contributed by atoms with van der Waals surface area (Å²) in [5, 5.41) is 6.04. The molecule has 4 nitrogen and oxygen atoms in total. The number of halogens is 2. The van der Waals surface area contributed by atoms with Crippen molar-refractivity contribution < 1.29 is 4.79 Å². The number of carbonyl (C=O) groups is 1. The number of carbonyl (C=O) groups excluding carboxylic acids is 1. The molecule has 1 aromatic heterocycles. The van der Waals surface area contributed by atoms with Gasteiger partial charge in [-0.15, -0.1) is 24.8 Å². The monoisotopic (exact) mass is 291 g/mol. The lowest BCUT2D eigenvalue weighted by atomic mass is 10.0. The second kappa shape index (κ2) is 8.29. The van der Waals surface area contributed by atoms with E-state index in [1.807, 2.05) is 19.1 Å². The summed E-state index contributed by atoms with van der Waals surface area (Å²) in [7, 11) is 0. The third-order valence-corrected chi connectivity index (χ3v) is 2.79. The minimum absolute atomic E-state index is 0. The minimum Gasteiger partial charge on any atom is -0.309 e. The molecule has 1 amide bonds. The average molecular weight is 292 g/mol. The van der Waals surface area contributed by atoms with Gasteiger partial charge in [0.1, 0.15) is 5.82 Å². The van der Waals surface area contributed by atoms with E-state index in [1.165, 1.54) is 0 Å². The molecular weight excluding hydrogens is 273 g/mol. The zero-order chi connectivity index (χ0) is 11.4. The number of aromatic nitrogens is 1. The number of aryl methyl sites for hydroxylation is 1. The van der Waals surface area contributed by atoms with Crippen molar-refractivity contribution in [3.63, 3.8) is 0 Å². The van der Waals surface area contributed by atoms with Gasteiger partial charge in [-0.1, -0.05) is 12.5 Å². The van der Waals surface area contributed by atoms with Gasteiger partial charge in [0.2, 0.25) is 5.91 Å². The first-order valence-corrected chi connectivity index (χ1v) is 5.72. The standard InChI is InChI=1S/C12H17N3O.2ClH/c1-9-5-6-11(14-8-9)15-12(16)10-4-2-3-7-13-10;;/h5-6,8,10,13H,2-4,7H2,1H3,(H,14,15,16);2*1H/t10-;;/m1../s1. The van der Waals surface area contributed by atoms with Gasteiger partial charge in [0.15, 0.2) is 0 Å². The fourth-order valence-corrected chi connectivity index (χ4v) is 1.83. The molecule has 18 heavy (non-hydrogen) atoms. The fourth-order valence-electron chi connectivity index (χ4n) is 1.83. The lowest BCUT2D eigenvalue weighted by Gasteiger charge is -2.22. The number of anilines is 1. The number of nitrogens with zero attached hydrogens (tertiary/aromatic N) is 1. The van der Waals surface area contributed by atoms with Gasteiger partial charge in [0.25, 0.3) is 0 Å².